The summed E-state index contributed by atoms with van der Waals surface area (Å²) < 4.78 is 0. The lowest BCUT2D eigenvalue weighted by Gasteiger charge is -2.29. The van der Waals surface area contributed by atoms with Crippen LogP contribution in [-0.4, -0.2) is 5.60 Å². The third-order valence-corrected chi connectivity index (χ3v) is 2.17. The van der Waals surface area contributed by atoms with Gasteiger partial charge in [-0.3, -0.25) is 0 Å². The van der Waals surface area contributed by atoms with Crippen LogP contribution in [0.1, 0.15) is 39.0 Å². The number of hydrogen-bond acceptors (Lipinski definition) is 3. The number of hydrogen-bond donors (Lipinski definition) is 0. The Morgan fingerprint density at radius 2 is 1.90 bits per heavy atom. The minimum atomic E-state index is -0.250. The van der Waals surface area contributed by atoms with Gasteiger partial charge < -0.3 is 4.84 Å². The largest absolute Gasteiger partial charge is 0.358 e. The molecule has 0 aromatic heterocycles. The van der Waals surface area contributed by atoms with Crippen molar-refractivity contribution in [3.05, 3.63) is 4.91 Å². The molecule has 0 heterocycles. The van der Waals surface area contributed by atoms with Gasteiger partial charge in [0.15, 0.2) is 5.34 Å². The summed E-state index contributed by atoms with van der Waals surface area (Å²) in [4.78, 5) is 14.5. The van der Waals surface area contributed by atoms with Crippen LogP contribution in [0.3, 0.4) is 0 Å². The van der Waals surface area contributed by atoms with Crippen molar-refractivity contribution >= 4 is 0 Å². The molecule has 58 valence electrons. The molecule has 0 spiro atoms. The maximum Gasteiger partial charge on any atom is 0.155 e. The summed E-state index contributed by atoms with van der Waals surface area (Å²) in [5, 5.41) is 2.48. The summed E-state index contributed by atoms with van der Waals surface area (Å²) in [5.41, 5.74) is -0.250. The Bertz CT molecular complexity index is 119. The van der Waals surface area contributed by atoms with Crippen LogP contribution in [0.4, 0.5) is 0 Å². The van der Waals surface area contributed by atoms with Gasteiger partial charge in [0.2, 0.25) is 0 Å². The van der Waals surface area contributed by atoms with Gasteiger partial charge in [0, 0.05) is 0 Å². The van der Waals surface area contributed by atoms with Gasteiger partial charge in [0.25, 0.3) is 0 Å². The first kappa shape index (κ1) is 7.51. The molecule has 0 radical (unpaired) electrons. The Hall–Kier alpha value is -0.600. The molecule has 3 nitrogen and oxygen atoms in total. The van der Waals surface area contributed by atoms with Crippen molar-refractivity contribution in [1.29, 1.82) is 0 Å². The zero-order valence-electron chi connectivity index (χ0n) is 6.30. The van der Waals surface area contributed by atoms with Gasteiger partial charge in [-0.1, -0.05) is 6.42 Å². The van der Waals surface area contributed by atoms with Crippen LogP contribution in [0.15, 0.2) is 5.34 Å². The normalized spacial score (nSPS) is 23.7. The van der Waals surface area contributed by atoms with E-state index in [9.17, 15) is 4.91 Å². The van der Waals surface area contributed by atoms with Gasteiger partial charge in [-0.25, -0.2) is 0 Å². The van der Waals surface area contributed by atoms with Gasteiger partial charge >= 0.3 is 0 Å². The number of nitrogens with zero attached hydrogens (tertiary/aromatic N) is 1. The van der Waals surface area contributed by atoms with Crippen molar-refractivity contribution in [3.63, 3.8) is 0 Å². The standard InChI is InChI=1S/C7H13NO2/c1-7(10-8-9)5-3-2-4-6-7/h2-6H2,1H3. The fourth-order valence-electron chi connectivity index (χ4n) is 1.48. The topological polar surface area (TPSA) is 38.7 Å². The highest BCUT2D eigenvalue weighted by atomic mass is 16.7. The SMILES string of the molecule is CC1(ON=O)CCCCC1. The maximum absolute atomic E-state index is 9.81. The molecule has 0 N–H and O–H groups in total. The summed E-state index contributed by atoms with van der Waals surface area (Å²) in [6.07, 6.45) is 5.52. The minimum Gasteiger partial charge on any atom is -0.358 e. The summed E-state index contributed by atoms with van der Waals surface area (Å²) in [6.45, 7) is 1.95. The van der Waals surface area contributed by atoms with Crippen LogP contribution in [0, 0.1) is 4.91 Å². The van der Waals surface area contributed by atoms with E-state index in [1.807, 2.05) is 6.92 Å². The van der Waals surface area contributed by atoms with Crippen molar-refractivity contribution in [2.75, 3.05) is 0 Å². The Balaban J connectivity index is 2.39. The smallest absolute Gasteiger partial charge is 0.155 e. The summed E-state index contributed by atoms with van der Waals surface area (Å²) in [7, 11) is 0. The third kappa shape index (κ3) is 1.69. The minimum absolute atomic E-state index is 0.250. The molecule has 3 heteroatoms. The molecule has 10 heavy (non-hydrogen) atoms. The molecule has 1 aliphatic rings. The van der Waals surface area contributed by atoms with Crippen molar-refractivity contribution in [3.8, 4) is 0 Å². The van der Waals surface area contributed by atoms with Crippen LogP contribution in [0.25, 0.3) is 0 Å². The van der Waals surface area contributed by atoms with Gasteiger partial charge in [0.05, 0.1) is 0 Å². The molecule has 1 fully saturated rings. The molecule has 1 rings (SSSR count). The molecular weight excluding hydrogens is 130 g/mol. The highest BCUT2D eigenvalue weighted by molar-refractivity contribution is 4.78. The van der Waals surface area contributed by atoms with E-state index < -0.39 is 0 Å². The maximum atomic E-state index is 9.81. The molecule has 0 aliphatic heterocycles. The van der Waals surface area contributed by atoms with E-state index in [1.54, 1.807) is 0 Å². The summed E-state index contributed by atoms with van der Waals surface area (Å²) in [6, 6.07) is 0. The first-order valence-electron chi connectivity index (χ1n) is 3.78. The molecule has 0 aromatic carbocycles. The zero-order valence-corrected chi connectivity index (χ0v) is 6.30. The van der Waals surface area contributed by atoms with Crippen molar-refractivity contribution in [2.45, 2.75) is 44.6 Å². The van der Waals surface area contributed by atoms with Crippen molar-refractivity contribution < 1.29 is 4.84 Å². The van der Waals surface area contributed by atoms with E-state index in [0.29, 0.717) is 0 Å². The van der Waals surface area contributed by atoms with E-state index in [-0.39, 0.29) is 5.60 Å². The second-order valence-electron chi connectivity index (χ2n) is 3.18. The first-order chi connectivity index (χ1) is 4.77. The van der Waals surface area contributed by atoms with Gasteiger partial charge in [-0.15, -0.1) is 4.91 Å². The van der Waals surface area contributed by atoms with E-state index in [4.69, 9.17) is 4.84 Å². The molecular formula is C7H13NO2. The van der Waals surface area contributed by atoms with E-state index in [1.165, 1.54) is 6.42 Å². The molecule has 0 amide bonds. The van der Waals surface area contributed by atoms with Gasteiger partial charge in [0.1, 0.15) is 5.60 Å². The Morgan fingerprint density at radius 1 is 1.30 bits per heavy atom. The first-order valence-corrected chi connectivity index (χ1v) is 3.78. The number of rotatable bonds is 2. The monoisotopic (exact) mass is 143 g/mol. The van der Waals surface area contributed by atoms with Gasteiger partial charge in [-0.2, -0.15) is 0 Å². The average molecular weight is 143 g/mol. The lowest BCUT2D eigenvalue weighted by Crippen LogP contribution is -2.28. The molecule has 1 saturated carbocycles. The Kier molecular flexibility index (Phi) is 2.25. The quantitative estimate of drug-likeness (QED) is 0.439. The van der Waals surface area contributed by atoms with Crippen molar-refractivity contribution in [2.24, 2.45) is 5.34 Å². The lowest BCUT2D eigenvalue weighted by atomic mass is 9.87. The molecule has 0 atom stereocenters. The predicted octanol–water partition coefficient (Wildman–Crippen LogP) is 2.41. The van der Waals surface area contributed by atoms with Crippen LogP contribution >= 0.6 is 0 Å². The lowest BCUT2D eigenvalue weighted by molar-refractivity contribution is -0.0566. The Labute approximate surface area is 60.7 Å². The second kappa shape index (κ2) is 2.99. The highest BCUT2D eigenvalue weighted by Crippen LogP contribution is 2.30. The summed E-state index contributed by atoms with van der Waals surface area (Å²) in [5.74, 6) is 0. The highest BCUT2D eigenvalue weighted by Gasteiger charge is 2.29. The average Bonchev–Trinajstić information content (AvgIpc) is 1.89. The van der Waals surface area contributed by atoms with Crippen LogP contribution in [0.5, 0.6) is 0 Å². The fraction of sp³-hybridized carbons (Fsp3) is 1.00. The van der Waals surface area contributed by atoms with Crippen LogP contribution in [-0.2, 0) is 4.84 Å². The molecule has 1 aliphatic carbocycles. The third-order valence-electron chi connectivity index (χ3n) is 2.17. The van der Waals surface area contributed by atoms with E-state index in [2.05, 4.69) is 5.34 Å². The fourth-order valence-corrected chi connectivity index (χ4v) is 1.48. The van der Waals surface area contributed by atoms with Gasteiger partial charge in [-0.05, 0) is 32.6 Å². The zero-order chi connectivity index (χ0) is 7.45. The van der Waals surface area contributed by atoms with E-state index in [0.717, 1.165) is 25.7 Å². The predicted molar refractivity (Wildman–Crippen MR) is 38.4 cm³/mol. The van der Waals surface area contributed by atoms with Crippen LogP contribution in [0.2, 0.25) is 0 Å². The van der Waals surface area contributed by atoms with E-state index >= 15 is 0 Å². The Morgan fingerprint density at radius 3 is 2.40 bits per heavy atom. The summed E-state index contributed by atoms with van der Waals surface area (Å²) >= 11 is 0. The molecule has 0 unspecified atom stereocenters. The van der Waals surface area contributed by atoms with Crippen LogP contribution < -0.4 is 0 Å². The molecule has 0 bridgehead atoms. The molecule has 0 saturated heterocycles. The van der Waals surface area contributed by atoms with Crippen molar-refractivity contribution in [1.82, 2.24) is 0 Å². The second-order valence-corrected chi connectivity index (χ2v) is 3.18. The molecule has 0 aromatic rings.